The van der Waals surface area contributed by atoms with Crippen molar-refractivity contribution < 1.29 is 9.59 Å². The van der Waals surface area contributed by atoms with E-state index < -0.39 is 12.0 Å². The third kappa shape index (κ3) is 3.09. The van der Waals surface area contributed by atoms with E-state index in [1.807, 2.05) is 66.7 Å². The van der Waals surface area contributed by atoms with E-state index in [1.54, 1.807) is 17.1 Å². The number of halogens is 2. The minimum absolute atomic E-state index is 0.257. The number of hydrogen-bond donors (Lipinski definition) is 0. The highest BCUT2D eigenvalue weighted by molar-refractivity contribution is 9.10. The fraction of sp³-hybridized carbons (Fsp3) is 0.0870. The lowest BCUT2D eigenvalue weighted by molar-refractivity contribution is -0.121. The second kappa shape index (κ2) is 7.49. The topological polar surface area (TPSA) is 53.0 Å². The van der Waals surface area contributed by atoms with Crippen molar-refractivity contribution in [3.05, 3.63) is 93.4 Å². The number of amides is 2. The Balaban J connectivity index is 1.63. The first-order valence-electron chi connectivity index (χ1n) is 9.37. The molecule has 2 aliphatic rings. The Kier molecular flexibility index (Phi) is 4.79. The second-order valence-corrected chi connectivity index (χ2v) is 8.91. The summed E-state index contributed by atoms with van der Waals surface area (Å²) in [5.74, 6) is -1.19. The molecule has 0 aliphatic carbocycles. The standard InChI is InChI=1S/C23H15Br2N3O2/c24-15-8-6-14(7-9-15)20-19-21(28(26-20)18-4-2-1-3-5-18)23(30)27(22(19)29)17-12-10-16(25)11-13-17/h1-13,19,21H/t19-,21+/m1/s1. The molecule has 0 aromatic heterocycles. The molecule has 7 heteroatoms. The van der Waals surface area contributed by atoms with Crippen LogP contribution in [0.15, 0.2) is 92.9 Å². The van der Waals surface area contributed by atoms with Gasteiger partial charge in [0.25, 0.3) is 5.91 Å². The second-order valence-electron chi connectivity index (χ2n) is 7.08. The molecule has 2 amide bonds. The zero-order chi connectivity index (χ0) is 20.8. The normalized spacial score (nSPS) is 20.5. The van der Waals surface area contributed by atoms with E-state index in [4.69, 9.17) is 5.10 Å². The monoisotopic (exact) mass is 523 g/mol. The molecule has 1 fully saturated rings. The van der Waals surface area contributed by atoms with Gasteiger partial charge < -0.3 is 0 Å². The summed E-state index contributed by atoms with van der Waals surface area (Å²) in [6, 6.07) is 23.6. The lowest BCUT2D eigenvalue weighted by Crippen LogP contribution is -2.39. The van der Waals surface area contributed by atoms with Crippen LogP contribution < -0.4 is 9.91 Å². The van der Waals surface area contributed by atoms with Crippen LogP contribution in [0.2, 0.25) is 0 Å². The lowest BCUT2D eigenvalue weighted by atomic mass is 9.93. The number of rotatable bonds is 3. The van der Waals surface area contributed by atoms with Crippen molar-refractivity contribution >= 4 is 60.8 Å². The van der Waals surface area contributed by atoms with Crippen LogP contribution in [0.5, 0.6) is 0 Å². The fourth-order valence-electron chi connectivity index (χ4n) is 3.91. The maximum atomic E-state index is 13.5. The SMILES string of the molecule is O=C1[C@@H]2C(c3ccc(Br)cc3)=NN(c3ccccc3)[C@@H]2C(=O)N1c1ccc(Br)cc1. The first-order valence-corrected chi connectivity index (χ1v) is 11.0. The maximum Gasteiger partial charge on any atom is 0.259 e. The van der Waals surface area contributed by atoms with Gasteiger partial charge in [-0.15, -0.1) is 0 Å². The molecule has 148 valence electrons. The molecule has 0 saturated carbocycles. The Morgan fingerprint density at radius 1 is 0.700 bits per heavy atom. The highest BCUT2D eigenvalue weighted by Crippen LogP contribution is 2.39. The molecule has 0 unspecified atom stereocenters. The molecule has 0 N–H and O–H groups in total. The van der Waals surface area contributed by atoms with Gasteiger partial charge in [0.2, 0.25) is 5.91 Å². The van der Waals surface area contributed by atoms with Gasteiger partial charge in [-0.3, -0.25) is 14.6 Å². The van der Waals surface area contributed by atoms with Crippen LogP contribution in [0, 0.1) is 5.92 Å². The largest absolute Gasteiger partial charge is 0.273 e. The minimum atomic E-state index is -0.706. The Morgan fingerprint density at radius 3 is 1.93 bits per heavy atom. The number of para-hydroxylation sites is 1. The van der Waals surface area contributed by atoms with E-state index in [2.05, 4.69) is 31.9 Å². The Morgan fingerprint density at radius 2 is 1.30 bits per heavy atom. The van der Waals surface area contributed by atoms with Crippen LogP contribution in [-0.2, 0) is 9.59 Å². The summed E-state index contributed by atoms with van der Waals surface area (Å²) < 4.78 is 1.82. The van der Waals surface area contributed by atoms with Gasteiger partial charge in [-0.1, -0.05) is 62.2 Å². The maximum absolute atomic E-state index is 13.5. The van der Waals surface area contributed by atoms with Crippen molar-refractivity contribution in [1.82, 2.24) is 0 Å². The van der Waals surface area contributed by atoms with Crippen molar-refractivity contribution in [2.45, 2.75) is 6.04 Å². The molecule has 5 nitrogen and oxygen atoms in total. The average molecular weight is 525 g/mol. The molecule has 0 radical (unpaired) electrons. The molecular weight excluding hydrogens is 510 g/mol. The zero-order valence-corrected chi connectivity index (χ0v) is 18.7. The number of imide groups is 1. The van der Waals surface area contributed by atoms with Gasteiger partial charge in [0.1, 0.15) is 12.0 Å². The molecule has 2 aliphatic heterocycles. The lowest BCUT2D eigenvalue weighted by Gasteiger charge is -2.22. The smallest absolute Gasteiger partial charge is 0.259 e. The third-order valence-corrected chi connectivity index (χ3v) is 6.35. The highest BCUT2D eigenvalue weighted by atomic mass is 79.9. The number of fused-ring (bicyclic) bond motifs is 1. The molecule has 0 spiro atoms. The quantitative estimate of drug-likeness (QED) is 0.453. The Bertz CT molecular complexity index is 1160. The molecule has 1 saturated heterocycles. The van der Waals surface area contributed by atoms with Gasteiger partial charge in [0.05, 0.1) is 17.1 Å². The number of carbonyl (C=O) groups is 2. The summed E-state index contributed by atoms with van der Waals surface area (Å²) in [7, 11) is 0. The van der Waals surface area contributed by atoms with Crippen molar-refractivity contribution in [2.24, 2.45) is 11.0 Å². The van der Waals surface area contributed by atoms with Crippen molar-refractivity contribution in [2.75, 3.05) is 9.91 Å². The summed E-state index contributed by atoms with van der Waals surface area (Å²) >= 11 is 6.84. The van der Waals surface area contributed by atoms with Gasteiger partial charge >= 0.3 is 0 Å². The summed E-state index contributed by atoms with van der Waals surface area (Å²) in [4.78, 5) is 28.2. The first kappa shape index (κ1) is 19.2. The van der Waals surface area contributed by atoms with Crippen LogP contribution in [0.4, 0.5) is 11.4 Å². The number of hydrazone groups is 1. The minimum Gasteiger partial charge on any atom is -0.273 e. The molecular formula is C23H15Br2N3O2. The first-order chi connectivity index (χ1) is 14.5. The fourth-order valence-corrected chi connectivity index (χ4v) is 4.44. The average Bonchev–Trinajstić information content (AvgIpc) is 3.27. The number of benzene rings is 3. The van der Waals surface area contributed by atoms with Crippen LogP contribution in [0.25, 0.3) is 0 Å². The Labute approximate surface area is 190 Å². The van der Waals surface area contributed by atoms with E-state index in [-0.39, 0.29) is 11.8 Å². The van der Waals surface area contributed by atoms with E-state index in [0.717, 1.165) is 20.2 Å². The van der Waals surface area contributed by atoms with Gasteiger partial charge in [0, 0.05) is 8.95 Å². The van der Waals surface area contributed by atoms with Gasteiger partial charge in [-0.25, -0.2) is 4.90 Å². The van der Waals surface area contributed by atoms with Crippen LogP contribution in [0.3, 0.4) is 0 Å². The summed E-state index contributed by atoms with van der Waals surface area (Å²) in [6.07, 6.45) is 0. The van der Waals surface area contributed by atoms with E-state index in [9.17, 15) is 9.59 Å². The predicted octanol–water partition coefficient (Wildman–Crippen LogP) is 4.99. The van der Waals surface area contributed by atoms with Crippen LogP contribution in [0.1, 0.15) is 5.56 Å². The van der Waals surface area contributed by atoms with Gasteiger partial charge in [-0.05, 0) is 54.1 Å². The number of hydrogen-bond acceptors (Lipinski definition) is 4. The molecule has 5 rings (SSSR count). The Hall–Kier alpha value is -2.77. The number of carbonyl (C=O) groups excluding carboxylic acids is 2. The van der Waals surface area contributed by atoms with Crippen molar-refractivity contribution in [1.29, 1.82) is 0 Å². The van der Waals surface area contributed by atoms with Gasteiger partial charge in [0.15, 0.2) is 0 Å². The summed E-state index contributed by atoms with van der Waals surface area (Å²) in [6.45, 7) is 0. The summed E-state index contributed by atoms with van der Waals surface area (Å²) in [5.41, 5.74) is 2.77. The van der Waals surface area contributed by atoms with E-state index >= 15 is 0 Å². The zero-order valence-electron chi connectivity index (χ0n) is 15.6. The number of nitrogens with zero attached hydrogens (tertiary/aromatic N) is 3. The van der Waals surface area contributed by atoms with E-state index in [0.29, 0.717) is 11.4 Å². The molecule has 2 atom stereocenters. The van der Waals surface area contributed by atoms with Crippen molar-refractivity contribution in [3.63, 3.8) is 0 Å². The molecule has 3 aromatic rings. The highest BCUT2D eigenvalue weighted by Gasteiger charge is 2.57. The molecule has 0 bridgehead atoms. The van der Waals surface area contributed by atoms with Gasteiger partial charge in [-0.2, -0.15) is 5.10 Å². The molecule has 30 heavy (non-hydrogen) atoms. The number of anilines is 2. The molecule has 2 heterocycles. The molecule has 3 aromatic carbocycles. The third-order valence-electron chi connectivity index (χ3n) is 5.29. The van der Waals surface area contributed by atoms with Crippen molar-refractivity contribution in [3.8, 4) is 0 Å². The predicted molar refractivity (Wildman–Crippen MR) is 124 cm³/mol. The van der Waals surface area contributed by atoms with Crippen LogP contribution in [-0.4, -0.2) is 23.6 Å². The van der Waals surface area contributed by atoms with Crippen LogP contribution >= 0.6 is 31.9 Å². The van der Waals surface area contributed by atoms with E-state index in [1.165, 1.54) is 4.90 Å². The summed E-state index contributed by atoms with van der Waals surface area (Å²) in [5, 5.41) is 6.43.